The molecular weight excluding hydrogens is 246 g/mol. The van der Waals surface area contributed by atoms with Crippen LogP contribution in [0.4, 0.5) is 0 Å². The smallest absolute Gasteiger partial charge is 0.113 e. The van der Waals surface area contributed by atoms with Gasteiger partial charge < -0.3 is 4.98 Å². The highest BCUT2D eigenvalue weighted by Crippen LogP contribution is 2.44. The molecule has 3 nitrogen and oxygen atoms in total. The molecule has 0 atom stereocenters. The van der Waals surface area contributed by atoms with Crippen molar-refractivity contribution in [2.24, 2.45) is 5.92 Å². The van der Waals surface area contributed by atoms with E-state index in [1.54, 1.807) is 0 Å². The highest BCUT2D eigenvalue weighted by atomic mass is 14.9. The number of aromatic amines is 1. The summed E-state index contributed by atoms with van der Waals surface area (Å²) in [7, 11) is 0. The van der Waals surface area contributed by atoms with Crippen LogP contribution in [0, 0.1) is 17.2 Å². The van der Waals surface area contributed by atoms with E-state index in [1.807, 2.05) is 18.2 Å². The van der Waals surface area contributed by atoms with Crippen LogP contribution in [0.3, 0.4) is 0 Å². The molecule has 3 rings (SSSR count). The lowest BCUT2D eigenvalue weighted by molar-refractivity contribution is 0.332. The first-order valence-corrected chi connectivity index (χ1v) is 7.53. The lowest BCUT2D eigenvalue weighted by Crippen LogP contribution is -2.25. The Morgan fingerprint density at radius 3 is 2.75 bits per heavy atom. The Kier molecular flexibility index (Phi) is 3.25. The maximum atomic E-state index is 9.00. The van der Waals surface area contributed by atoms with Crippen LogP contribution in [0.15, 0.2) is 18.2 Å². The molecule has 1 fully saturated rings. The van der Waals surface area contributed by atoms with Gasteiger partial charge in [0.1, 0.15) is 5.82 Å². The fraction of sp³-hybridized carbons (Fsp3) is 0.529. The number of fused-ring (bicyclic) bond motifs is 1. The Labute approximate surface area is 120 Å². The summed E-state index contributed by atoms with van der Waals surface area (Å²) in [6, 6.07) is 7.89. The molecule has 0 aliphatic heterocycles. The van der Waals surface area contributed by atoms with Gasteiger partial charge in [-0.15, -0.1) is 0 Å². The fourth-order valence-electron chi connectivity index (χ4n) is 3.70. The van der Waals surface area contributed by atoms with Crippen molar-refractivity contribution in [2.45, 2.75) is 51.4 Å². The van der Waals surface area contributed by atoms with Crippen LogP contribution in [-0.2, 0) is 5.41 Å². The third kappa shape index (κ3) is 2.20. The number of nitriles is 1. The first-order chi connectivity index (χ1) is 9.63. The van der Waals surface area contributed by atoms with Gasteiger partial charge in [-0.3, -0.25) is 0 Å². The van der Waals surface area contributed by atoms with Gasteiger partial charge in [0, 0.05) is 5.41 Å². The first-order valence-electron chi connectivity index (χ1n) is 7.53. The highest BCUT2D eigenvalue weighted by molar-refractivity contribution is 5.77. The van der Waals surface area contributed by atoms with Crippen LogP contribution in [-0.4, -0.2) is 9.97 Å². The number of benzene rings is 1. The van der Waals surface area contributed by atoms with Gasteiger partial charge >= 0.3 is 0 Å². The Bertz CT molecular complexity index is 654. The number of rotatable bonds is 3. The summed E-state index contributed by atoms with van der Waals surface area (Å²) in [5.74, 6) is 1.81. The van der Waals surface area contributed by atoms with E-state index in [0.717, 1.165) is 16.9 Å². The molecule has 1 saturated carbocycles. The van der Waals surface area contributed by atoms with Crippen LogP contribution in [0.2, 0.25) is 0 Å². The van der Waals surface area contributed by atoms with Gasteiger partial charge in [0.2, 0.25) is 0 Å². The average molecular weight is 267 g/mol. The minimum atomic E-state index is 0.222. The zero-order chi connectivity index (χ0) is 14.2. The van der Waals surface area contributed by atoms with Crippen molar-refractivity contribution in [3.63, 3.8) is 0 Å². The van der Waals surface area contributed by atoms with Gasteiger partial charge in [-0.25, -0.2) is 4.98 Å². The molecule has 3 heteroatoms. The topological polar surface area (TPSA) is 52.5 Å². The number of imidazole rings is 1. The standard InChI is InChI=1S/C17H21N3/c1-12(2)10-17(7-3-4-8-17)16-19-14-6-5-13(11-18)9-15(14)20-16/h5-6,9,12H,3-4,7-8,10H2,1-2H3,(H,19,20). The Morgan fingerprint density at radius 1 is 1.35 bits per heavy atom. The lowest BCUT2D eigenvalue weighted by atomic mass is 9.78. The summed E-state index contributed by atoms with van der Waals surface area (Å²) in [6.07, 6.45) is 6.25. The summed E-state index contributed by atoms with van der Waals surface area (Å²) in [6.45, 7) is 4.58. The third-order valence-corrected chi connectivity index (χ3v) is 4.47. The Morgan fingerprint density at radius 2 is 2.10 bits per heavy atom. The van der Waals surface area contributed by atoms with Gasteiger partial charge in [0.05, 0.1) is 22.7 Å². The quantitative estimate of drug-likeness (QED) is 0.901. The van der Waals surface area contributed by atoms with Gasteiger partial charge in [0.15, 0.2) is 0 Å². The molecule has 1 aromatic heterocycles. The maximum absolute atomic E-state index is 9.00. The normalized spacial score (nSPS) is 17.7. The van der Waals surface area contributed by atoms with E-state index >= 15 is 0 Å². The third-order valence-electron chi connectivity index (χ3n) is 4.47. The number of hydrogen-bond donors (Lipinski definition) is 1. The zero-order valence-corrected chi connectivity index (χ0v) is 12.2. The van der Waals surface area contributed by atoms with Gasteiger partial charge in [-0.05, 0) is 43.4 Å². The number of hydrogen-bond acceptors (Lipinski definition) is 2. The van der Waals surface area contributed by atoms with Crippen LogP contribution in [0.1, 0.15) is 57.3 Å². The number of nitrogens with zero attached hydrogens (tertiary/aromatic N) is 2. The second-order valence-corrected chi connectivity index (χ2v) is 6.51. The Hall–Kier alpha value is -1.82. The van der Waals surface area contributed by atoms with Crippen molar-refractivity contribution in [1.29, 1.82) is 5.26 Å². The summed E-state index contributed by atoms with van der Waals surface area (Å²) in [5.41, 5.74) is 2.89. The molecule has 0 bridgehead atoms. The number of nitrogens with one attached hydrogen (secondary N) is 1. The second kappa shape index (κ2) is 4.94. The molecule has 0 spiro atoms. The molecule has 104 valence electrons. The van der Waals surface area contributed by atoms with Crippen molar-refractivity contribution in [2.75, 3.05) is 0 Å². The van der Waals surface area contributed by atoms with Crippen LogP contribution < -0.4 is 0 Å². The fourth-order valence-corrected chi connectivity index (χ4v) is 3.70. The molecule has 0 radical (unpaired) electrons. The summed E-state index contributed by atoms with van der Waals surface area (Å²) in [4.78, 5) is 8.33. The summed E-state index contributed by atoms with van der Waals surface area (Å²) >= 11 is 0. The van der Waals surface area contributed by atoms with Gasteiger partial charge in [0.25, 0.3) is 0 Å². The van der Waals surface area contributed by atoms with E-state index in [1.165, 1.54) is 32.1 Å². The average Bonchev–Trinajstić information content (AvgIpc) is 3.03. The van der Waals surface area contributed by atoms with Crippen molar-refractivity contribution >= 4 is 11.0 Å². The predicted molar refractivity (Wildman–Crippen MR) is 80.4 cm³/mol. The number of H-pyrrole nitrogens is 1. The predicted octanol–water partition coefficient (Wildman–Crippen LogP) is 4.29. The van der Waals surface area contributed by atoms with E-state index in [2.05, 4.69) is 24.9 Å². The zero-order valence-electron chi connectivity index (χ0n) is 12.2. The van der Waals surface area contributed by atoms with Gasteiger partial charge in [-0.2, -0.15) is 5.26 Å². The van der Waals surface area contributed by atoms with Crippen molar-refractivity contribution in [3.05, 3.63) is 29.6 Å². The van der Waals surface area contributed by atoms with E-state index in [4.69, 9.17) is 10.2 Å². The molecule has 2 aromatic rings. The molecule has 1 aliphatic rings. The summed E-state index contributed by atoms with van der Waals surface area (Å²) in [5, 5.41) is 9.00. The monoisotopic (exact) mass is 267 g/mol. The van der Waals surface area contributed by atoms with Crippen LogP contribution >= 0.6 is 0 Å². The molecule has 0 amide bonds. The number of aromatic nitrogens is 2. The van der Waals surface area contributed by atoms with Crippen molar-refractivity contribution < 1.29 is 0 Å². The molecule has 20 heavy (non-hydrogen) atoms. The molecule has 1 aliphatic carbocycles. The van der Waals surface area contributed by atoms with E-state index in [0.29, 0.717) is 11.5 Å². The van der Waals surface area contributed by atoms with Gasteiger partial charge in [-0.1, -0.05) is 26.7 Å². The largest absolute Gasteiger partial charge is 0.341 e. The van der Waals surface area contributed by atoms with Crippen LogP contribution in [0.25, 0.3) is 11.0 Å². The molecular formula is C17H21N3. The molecule has 0 saturated heterocycles. The minimum absolute atomic E-state index is 0.222. The Balaban J connectivity index is 2.05. The maximum Gasteiger partial charge on any atom is 0.113 e. The molecule has 1 aromatic carbocycles. The highest BCUT2D eigenvalue weighted by Gasteiger charge is 2.38. The molecule has 1 heterocycles. The minimum Gasteiger partial charge on any atom is -0.341 e. The second-order valence-electron chi connectivity index (χ2n) is 6.51. The van der Waals surface area contributed by atoms with E-state index < -0.39 is 0 Å². The van der Waals surface area contributed by atoms with Crippen molar-refractivity contribution in [1.82, 2.24) is 9.97 Å². The van der Waals surface area contributed by atoms with E-state index in [-0.39, 0.29) is 5.41 Å². The SMILES string of the molecule is CC(C)CC1(c2nc3ccc(C#N)cc3[nH]2)CCCC1. The first kappa shape index (κ1) is 13.2. The molecule has 1 N–H and O–H groups in total. The molecule has 0 unspecified atom stereocenters. The van der Waals surface area contributed by atoms with Crippen molar-refractivity contribution in [3.8, 4) is 6.07 Å². The summed E-state index contributed by atoms with van der Waals surface area (Å²) < 4.78 is 0. The van der Waals surface area contributed by atoms with Crippen LogP contribution in [0.5, 0.6) is 0 Å². The van der Waals surface area contributed by atoms with E-state index in [9.17, 15) is 0 Å². The lowest BCUT2D eigenvalue weighted by Gasteiger charge is -2.28.